The van der Waals surface area contributed by atoms with E-state index < -0.39 is 0 Å². The third-order valence-electron chi connectivity index (χ3n) is 1.68. The van der Waals surface area contributed by atoms with E-state index in [1.54, 1.807) is 0 Å². The van der Waals surface area contributed by atoms with Crippen LogP contribution in [0.4, 0.5) is 0 Å². The molecule has 0 spiro atoms. The Morgan fingerprint density at radius 2 is 2.18 bits per heavy atom. The molecule has 0 saturated carbocycles. The van der Waals surface area contributed by atoms with Crippen molar-refractivity contribution in [3.8, 4) is 0 Å². The summed E-state index contributed by atoms with van der Waals surface area (Å²) in [5.74, 6) is 0.779. The van der Waals surface area contributed by atoms with Gasteiger partial charge >= 0.3 is 0 Å². The van der Waals surface area contributed by atoms with Gasteiger partial charge in [0.15, 0.2) is 0 Å². The van der Waals surface area contributed by atoms with Crippen molar-refractivity contribution in [2.75, 3.05) is 0 Å². The first-order valence-electron chi connectivity index (χ1n) is 3.97. The monoisotopic (exact) mass is 225 g/mol. The molecule has 1 aliphatic rings. The number of rotatable bonds is 2. The fraction of sp³-hybridized carbons (Fsp3) is 0.600. The van der Waals surface area contributed by atoms with Crippen LogP contribution in [0.25, 0.3) is 0 Å². The minimum atomic E-state index is 0. The van der Waals surface area contributed by atoms with E-state index >= 15 is 0 Å². The van der Waals surface area contributed by atoms with Crippen molar-refractivity contribution in [3.05, 3.63) is 23.3 Å². The molecule has 0 saturated heterocycles. The normalized spacial score (nSPS) is 16.0. The van der Waals surface area contributed by atoms with Crippen LogP contribution in [0.1, 0.15) is 33.6 Å². The van der Waals surface area contributed by atoms with Gasteiger partial charge < -0.3 is 0 Å². The van der Waals surface area contributed by atoms with Crippen LogP contribution in [-0.4, -0.2) is 0 Å². The van der Waals surface area contributed by atoms with Crippen molar-refractivity contribution in [2.45, 2.75) is 33.6 Å². The Balaban J connectivity index is 0.000001000. The zero-order chi connectivity index (χ0) is 7.56. The summed E-state index contributed by atoms with van der Waals surface area (Å²) >= 11 is 0. The van der Waals surface area contributed by atoms with Gasteiger partial charge in [0.05, 0.1) is 0 Å². The predicted molar refractivity (Wildman–Crippen MR) is 44.6 cm³/mol. The van der Waals surface area contributed by atoms with Crippen molar-refractivity contribution in [1.82, 2.24) is 0 Å². The fourth-order valence-corrected chi connectivity index (χ4v) is 1.28. The largest absolute Gasteiger partial charge is 0.250 e. The third kappa shape index (κ3) is 4.06. The second-order valence-corrected chi connectivity index (χ2v) is 3.42. The molecule has 0 atom stereocenters. The number of hydrogen-bond acceptors (Lipinski definition) is 0. The summed E-state index contributed by atoms with van der Waals surface area (Å²) in [6, 6.07) is 0. The minimum Gasteiger partial charge on any atom is -0.250 e. The Labute approximate surface area is 88.9 Å². The molecule has 0 aromatic rings. The van der Waals surface area contributed by atoms with Crippen LogP contribution in [0.3, 0.4) is 0 Å². The number of hydrogen-bond donors (Lipinski definition) is 0. The van der Waals surface area contributed by atoms with Crippen LogP contribution >= 0.6 is 0 Å². The summed E-state index contributed by atoms with van der Waals surface area (Å²) in [4.78, 5) is 0. The van der Waals surface area contributed by atoms with Crippen molar-refractivity contribution in [3.63, 3.8) is 0 Å². The molecule has 60 valence electrons. The van der Waals surface area contributed by atoms with Crippen LogP contribution in [0, 0.1) is 12.0 Å². The van der Waals surface area contributed by atoms with Crippen molar-refractivity contribution in [2.24, 2.45) is 5.92 Å². The number of allylic oxidation sites excluding steroid dienone is 4. The molecular weight excluding hydrogens is 211 g/mol. The van der Waals surface area contributed by atoms with Gasteiger partial charge in [-0.25, -0.2) is 17.7 Å². The minimum absolute atomic E-state index is 0. The summed E-state index contributed by atoms with van der Waals surface area (Å²) in [7, 11) is 0. The smallest absolute Gasteiger partial charge is 0 e. The SMILES string of the molecule is CC1=CCC(CC(C)C)=[C-]1.[Zr]. The average molecular weight is 226 g/mol. The zero-order valence-electron chi connectivity index (χ0n) is 7.57. The van der Waals surface area contributed by atoms with E-state index in [4.69, 9.17) is 0 Å². The molecular formula is C10H15Zr-. The average Bonchev–Trinajstić information content (AvgIpc) is 2.13. The summed E-state index contributed by atoms with van der Waals surface area (Å²) in [5.41, 5.74) is 2.79. The first-order valence-corrected chi connectivity index (χ1v) is 3.97. The molecule has 1 rings (SSSR count). The third-order valence-corrected chi connectivity index (χ3v) is 1.68. The van der Waals surface area contributed by atoms with Crippen molar-refractivity contribution < 1.29 is 26.2 Å². The topological polar surface area (TPSA) is 0 Å². The van der Waals surface area contributed by atoms with Gasteiger partial charge in [0, 0.05) is 26.2 Å². The van der Waals surface area contributed by atoms with Gasteiger partial charge in [-0.15, -0.1) is 0 Å². The summed E-state index contributed by atoms with van der Waals surface area (Å²) in [6.45, 7) is 6.62. The van der Waals surface area contributed by atoms with E-state index in [0.29, 0.717) is 0 Å². The van der Waals surface area contributed by atoms with Gasteiger partial charge in [0.25, 0.3) is 0 Å². The first kappa shape index (κ1) is 11.4. The van der Waals surface area contributed by atoms with E-state index in [1.807, 2.05) is 0 Å². The fourth-order valence-electron chi connectivity index (χ4n) is 1.28. The van der Waals surface area contributed by atoms with Gasteiger partial charge in [-0.3, -0.25) is 0 Å². The molecule has 0 bridgehead atoms. The molecule has 0 aromatic heterocycles. The Hall–Kier alpha value is 0.363. The molecule has 0 N–H and O–H groups in total. The van der Waals surface area contributed by atoms with Crippen LogP contribution in [0.5, 0.6) is 0 Å². The van der Waals surface area contributed by atoms with Crippen LogP contribution < -0.4 is 0 Å². The van der Waals surface area contributed by atoms with Gasteiger partial charge in [0.1, 0.15) is 0 Å². The second kappa shape index (κ2) is 5.09. The van der Waals surface area contributed by atoms with Crippen molar-refractivity contribution in [1.29, 1.82) is 0 Å². The maximum absolute atomic E-state index is 3.36. The Morgan fingerprint density at radius 3 is 2.55 bits per heavy atom. The summed E-state index contributed by atoms with van der Waals surface area (Å²) in [6.07, 6.45) is 7.97. The maximum atomic E-state index is 3.36. The predicted octanol–water partition coefficient (Wildman–Crippen LogP) is 3.11. The van der Waals surface area contributed by atoms with Gasteiger partial charge in [-0.05, 0) is 12.3 Å². The molecule has 0 fully saturated rings. The Kier molecular flexibility index (Phi) is 5.26. The Morgan fingerprint density at radius 1 is 1.55 bits per heavy atom. The van der Waals surface area contributed by atoms with E-state index in [-0.39, 0.29) is 26.2 Å². The van der Waals surface area contributed by atoms with Crippen LogP contribution in [0.15, 0.2) is 17.2 Å². The quantitative estimate of drug-likeness (QED) is 0.635. The van der Waals surface area contributed by atoms with Crippen LogP contribution in [-0.2, 0) is 26.2 Å². The molecule has 0 unspecified atom stereocenters. The molecule has 0 amide bonds. The zero-order valence-corrected chi connectivity index (χ0v) is 10.0. The maximum Gasteiger partial charge on any atom is 0 e. The van der Waals surface area contributed by atoms with Gasteiger partial charge in [-0.1, -0.05) is 27.2 Å². The standard InChI is InChI=1S/C10H15.Zr/c1-8(2)6-10-5-4-9(3)7-10;/h4,8H,5-6H2,1-3H3;/q-1;. The molecule has 0 nitrogen and oxygen atoms in total. The van der Waals surface area contributed by atoms with E-state index in [0.717, 1.165) is 12.3 Å². The molecule has 0 radical (unpaired) electrons. The Bertz CT molecular complexity index is 175. The second-order valence-electron chi connectivity index (χ2n) is 3.42. The molecule has 0 aromatic carbocycles. The summed E-state index contributed by atoms with van der Waals surface area (Å²) in [5, 5.41) is 0. The first-order chi connectivity index (χ1) is 4.68. The molecule has 1 heteroatoms. The molecule has 0 heterocycles. The van der Waals surface area contributed by atoms with Gasteiger partial charge in [0.2, 0.25) is 0 Å². The molecule has 1 aliphatic carbocycles. The molecule has 0 aliphatic heterocycles. The van der Waals surface area contributed by atoms with Gasteiger partial charge in [-0.2, -0.15) is 5.57 Å². The van der Waals surface area contributed by atoms with Crippen LogP contribution in [0.2, 0.25) is 0 Å². The van der Waals surface area contributed by atoms with E-state index in [9.17, 15) is 0 Å². The summed E-state index contributed by atoms with van der Waals surface area (Å²) < 4.78 is 0. The van der Waals surface area contributed by atoms with E-state index in [2.05, 4.69) is 32.9 Å². The van der Waals surface area contributed by atoms with Crippen molar-refractivity contribution >= 4 is 0 Å². The van der Waals surface area contributed by atoms with E-state index in [1.165, 1.54) is 17.6 Å². The molecule has 11 heavy (non-hydrogen) atoms.